The van der Waals surface area contributed by atoms with Gasteiger partial charge in [0.25, 0.3) is 5.88 Å². The number of likely N-dealkylation sites (tertiary alicyclic amines) is 1. The number of aromatic nitrogens is 2. The van der Waals surface area contributed by atoms with Gasteiger partial charge in [0.1, 0.15) is 0 Å². The Hall–Kier alpha value is -2.05. The summed E-state index contributed by atoms with van der Waals surface area (Å²) >= 11 is 0. The Morgan fingerprint density at radius 2 is 1.83 bits per heavy atom. The van der Waals surface area contributed by atoms with E-state index in [0.717, 1.165) is 12.8 Å². The zero-order valence-corrected chi connectivity index (χ0v) is 14.3. The second kappa shape index (κ2) is 7.99. The van der Waals surface area contributed by atoms with Crippen molar-refractivity contribution in [3.8, 4) is 5.88 Å². The van der Waals surface area contributed by atoms with Gasteiger partial charge in [-0.25, -0.2) is 14.8 Å². The lowest BCUT2D eigenvalue weighted by atomic mass is 10.1. The van der Waals surface area contributed by atoms with Crippen LogP contribution in [0.1, 0.15) is 40.5 Å². The van der Waals surface area contributed by atoms with Crippen LogP contribution >= 0.6 is 0 Å². The number of hydrogen-bond acceptors (Lipinski definition) is 6. The molecule has 1 aliphatic heterocycles. The van der Waals surface area contributed by atoms with Crippen molar-refractivity contribution >= 4 is 11.9 Å². The number of carbonyl (C=O) groups excluding carboxylic acids is 1. The van der Waals surface area contributed by atoms with E-state index in [1.54, 1.807) is 17.3 Å². The Balaban J connectivity index is 1.88. The SMILES string of the molecule is CC(C)OC(=O)N1CCC(Nc2nccnc2OC(C)C)CC1. The summed E-state index contributed by atoms with van der Waals surface area (Å²) in [5, 5.41) is 3.38. The van der Waals surface area contributed by atoms with Gasteiger partial charge in [-0.05, 0) is 40.5 Å². The van der Waals surface area contributed by atoms with Crippen LogP contribution < -0.4 is 10.1 Å². The molecule has 128 valence electrons. The highest BCUT2D eigenvalue weighted by Crippen LogP contribution is 2.23. The second-order valence-corrected chi connectivity index (χ2v) is 6.21. The number of carbonyl (C=O) groups is 1. The zero-order chi connectivity index (χ0) is 16.8. The highest BCUT2D eigenvalue weighted by molar-refractivity contribution is 5.68. The fourth-order valence-electron chi connectivity index (χ4n) is 2.41. The number of anilines is 1. The van der Waals surface area contributed by atoms with Crippen LogP contribution in [0, 0.1) is 0 Å². The maximum Gasteiger partial charge on any atom is 0.410 e. The summed E-state index contributed by atoms with van der Waals surface area (Å²) in [4.78, 5) is 22.2. The topological polar surface area (TPSA) is 76.6 Å². The van der Waals surface area contributed by atoms with Gasteiger partial charge in [0.05, 0.1) is 12.2 Å². The lowest BCUT2D eigenvalue weighted by Crippen LogP contribution is -2.43. The molecule has 1 aromatic rings. The molecule has 0 spiro atoms. The zero-order valence-electron chi connectivity index (χ0n) is 14.3. The third-order valence-corrected chi connectivity index (χ3v) is 3.44. The molecule has 0 bridgehead atoms. The number of ether oxygens (including phenoxy) is 2. The molecule has 2 rings (SSSR count). The van der Waals surface area contributed by atoms with Crippen molar-refractivity contribution in [1.82, 2.24) is 14.9 Å². The third kappa shape index (κ3) is 5.26. The summed E-state index contributed by atoms with van der Waals surface area (Å²) < 4.78 is 10.9. The van der Waals surface area contributed by atoms with E-state index >= 15 is 0 Å². The Bertz CT molecular complexity index is 514. The molecule has 1 N–H and O–H groups in total. The van der Waals surface area contributed by atoms with Crippen LogP contribution in [0.5, 0.6) is 5.88 Å². The molecule has 7 heteroatoms. The number of rotatable bonds is 5. The third-order valence-electron chi connectivity index (χ3n) is 3.44. The Morgan fingerprint density at radius 3 is 2.43 bits per heavy atom. The first kappa shape index (κ1) is 17.3. The van der Waals surface area contributed by atoms with Crippen molar-refractivity contribution < 1.29 is 14.3 Å². The number of nitrogens with zero attached hydrogens (tertiary/aromatic N) is 3. The molecule has 0 saturated carbocycles. The molecule has 0 aromatic carbocycles. The lowest BCUT2D eigenvalue weighted by molar-refractivity contribution is 0.0701. The first-order chi connectivity index (χ1) is 11.0. The first-order valence-electron chi connectivity index (χ1n) is 8.15. The summed E-state index contributed by atoms with van der Waals surface area (Å²) in [5.41, 5.74) is 0. The summed E-state index contributed by atoms with van der Waals surface area (Å²) in [6.07, 6.45) is 4.66. The maximum atomic E-state index is 11.9. The van der Waals surface area contributed by atoms with Gasteiger partial charge in [0.15, 0.2) is 5.82 Å². The van der Waals surface area contributed by atoms with E-state index in [2.05, 4.69) is 15.3 Å². The minimum Gasteiger partial charge on any atom is -0.472 e. The number of nitrogens with one attached hydrogen (secondary N) is 1. The Morgan fingerprint density at radius 1 is 1.17 bits per heavy atom. The quantitative estimate of drug-likeness (QED) is 0.898. The molecule has 0 atom stereocenters. The average Bonchev–Trinajstić information content (AvgIpc) is 2.49. The molecule has 0 aliphatic carbocycles. The van der Waals surface area contributed by atoms with E-state index < -0.39 is 0 Å². The summed E-state index contributed by atoms with van der Waals surface area (Å²) in [6.45, 7) is 8.97. The van der Waals surface area contributed by atoms with Crippen LogP contribution in [0.25, 0.3) is 0 Å². The van der Waals surface area contributed by atoms with E-state index in [4.69, 9.17) is 9.47 Å². The van der Waals surface area contributed by atoms with Gasteiger partial charge >= 0.3 is 6.09 Å². The molecule has 1 amide bonds. The molecule has 1 fully saturated rings. The van der Waals surface area contributed by atoms with E-state index in [1.165, 1.54) is 0 Å². The van der Waals surface area contributed by atoms with Gasteiger partial charge in [-0.15, -0.1) is 0 Å². The molecular weight excluding hydrogens is 296 g/mol. The lowest BCUT2D eigenvalue weighted by Gasteiger charge is -2.32. The monoisotopic (exact) mass is 322 g/mol. The van der Waals surface area contributed by atoms with Crippen molar-refractivity contribution in [3.05, 3.63) is 12.4 Å². The molecule has 0 unspecified atom stereocenters. The van der Waals surface area contributed by atoms with Crippen molar-refractivity contribution in [2.45, 2.75) is 58.8 Å². The van der Waals surface area contributed by atoms with Crippen LogP contribution in [0.4, 0.5) is 10.6 Å². The summed E-state index contributed by atoms with van der Waals surface area (Å²) in [7, 11) is 0. The van der Waals surface area contributed by atoms with Crippen molar-refractivity contribution in [2.24, 2.45) is 0 Å². The van der Waals surface area contributed by atoms with Gasteiger partial charge in [0.2, 0.25) is 0 Å². The van der Waals surface area contributed by atoms with Crippen molar-refractivity contribution in [1.29, 1.82) is 0 Å². The van der Waals surface area contributed by atoms with Crippen LogP contribution in [-0.2, 0) is 4.74 Å². The fourth-order valence-corrected chi connectivity index (χ4v) is 2.41. The second-order valence-electron chi connectivity index (χ2n) is 6.21. The molecule has 1 aromatic heterocycles. The minimum atomic E-state index is -0.234. The predicted octanol–water partition coefficient (Wildman–Crippen LogP) is 2.69. The van der Waals surface area contributed by atoms with E-state index in [9.17, 15) is 4.79 Å². The van der Waals surface area contributed by atoms with Gasteiger partial charge in [-0.1, -0.05) is 0 Å². The largest absolute Gasteiger partial charge is 0.472 e. The number of amides is 1. The smallest absolute Gasteiger partial charge is 0.410 e. The molecule has 1 aliphatic rings. The van der Waals surface area contributed by atoms with E-state index in [-0.39, 0.29) is 24.3 Å². The van der Waals surface area contributed by atoms with Gasteiger partial charge in [0, 0.05) is 31.5 Å². The molecule has 7 nitrogen and oxygen atoms in total. The van der Waals surface area contributed by atoms with Gasteiger partial charge < -0.3 is 19.7 Å². The fraction of sp³-hybridized carbons (Fsp3) is 0.688. The number of piperidine rings is 1. The minimum absolute atomic E-state index is 0.0416. The Kier molecular flexibility index (Phi) is 6.01. The van der Waals surface area contributed by atoms with Crippen LogP contribution in [0.2, 0.25) is 0 Å². The summed E-state index contributed by atoms with van der Waals surface area (Å²) in [5.74, 6) is 1.17. The normalized spacial score (nSPS) is 15.8. The van der Waals surface area contributed by atoms with Crippen molar-refractivity contribution in [3.63, 3.8) is 0 Å². The van der Waals surface area contributed by atoms with E-state index in [1.807, 2.05) is 27.7 Å². The molecule has 2 heterocycles. The van der Waals surface area contributed by atoms with Crippen LogP contribution in [0.3, 0.4) is 0 Å². The van der Waals surface area contributed by atoms with Crippen molar-refractivity contribution in [2.75, 3.05) is 18.4 Å². The molecule has 23 heavy (non-hydrogen) atoms. The van der Waals surface area contributed by atoms with Gasteiger partial charge in [-0.3, -0.25) is 0 Å². The molecule has 0 radical (unpaired) electrons. The first-order valence-corrected chi connectivity index (χ1v) is 8.15. The highest BCUT2D eigenvalue weighted by Gasteiger charge is 2.25. The molecular formula is C16H26N4O3. The van der Waals surface area contributed by atoms with Crippen LogP contribution in [0.15, 0.2) is 12.4 Å². The highest BCUT2D eigenvalue weighted by atomic mass is 16.6. The van der Waals surface area contributed by atoms with E-state index in [0.29, 0.717) is 24.8 Å². The number of hydrogen-bond donors (Lipinski definition) is 1. The Labute approximate surface area is 137 Å². The van der Waals surface area contributed by atoms with Gasteiger partial charge in [-0.2, -0.15) is 0 Å². The maximum absolute atomic E-state index is 11.9. The van der Waals surface area contributed by atoms with Crippen LogP contribution in [-0.4, -0.2) is 52.3 Å². The molecule has 1 saturated heterocycles. The average molecular weight is 322 g/mol. The predicted molar refractivity (Wildman–Crippen MR) is 87.6 cm³/mol. The standard InChI is InChI=1S/C16H26N4O3/c1-11(2)22-15-14(17-7-8-18-15)19-13-5-9-20(10-6-13)16(21)23-12(3)4/h7-8,11-13H,5-6,9-10H2,1-4H3,(H,17,19). The summed E-state index contributed by atoms with van der Waals surface area (Å²) in [6, 6.07) is 0.240.